The van der Waals surface area contributed by atoms with Gasteiger partial charge in [-0.2, -0.15) is 5.10 Å². The first-order valence-electron chi connectivity index (χ1n) is 10.0. The first kappa shape index (κ1) is 18.8. The maximum atomic E-state index is 13.0. The van der Waals surface area contributed by atoms with Crippen LogP contribution in [-0.4, -0.2) is 55.7 Å². The lowest BCUT2D eigenvalue weighted by molar-refractivity contribution is -0.0139. The summed E-state index contributed by atoms with van der Waals surface area (Å²) in [5.41, 5.74) is 4.20. The van der Waals surface area contributed by atoms with Gasteiger partial charge in [-0.3, -0.25) is 14.5 Å². The van der Waals surface area contributed by atoms with Crippen molar-refractivity contribution in [3.05, 3.63) is 60.0 Å². The summed E-state index contributed by atoms with van der Waals surface area (Å²) >= 11 is 0. The minimum Gasteiger partial charge on any atom is -0.391 e. The number of hydrogen-bond acceptors (Lipinski definition) is 5. The smallest absolute Gasteiger partial charge is 0.255 e. The van der Waals surface area contributed by atoms with Crippen LogP contribution in [0.1, 0.15) is 22.3 Å². The highest BCUT2D eigenvalue weighted by molar-refractivity contribution is 6.05. The van der Waals surface area contributed by atoms with Crippen LogP contribution < -0.4 is 5.32 Å². The Kier molecular flexibility index (Phi) is 4.72. The average molecular weight is 405 g/mol. The summed E-state index contributed by atoms with van der Waals surface area (Å²) in [6.07, 6.45) is 5.28. The summed E-state index contributed by atoms with van der Waals surface area (Å²) in [7, 11) is 1.92. The molecule has 8 heteroatoms. The molecular formula is C22H23N5O3. The number of nitrogens with zero attached hydrogens (tertiary/aromatic N) is 4. The van der Waals surface area contributed by atoms with Crippen molar-refractivity contribution in [2.24, 2.45) is 7.05 Å². The van der Waals surface area contributed by atoms with Crippen molar-refractivity contribution in [1.82, 2.24) is 24.6 Å². The number of aromatic nitrogens is 4. The van der Waals surface area contributed by atoms with Gasteiger partial charge in [0.25, 0.3) is 5.91 Å². The van der Waals surface area contributed by atoms with Gasteiger partial charge in [0.15, 0.2) is 0 Å². The molecule has 30 heavy (non-hydrogen) atoms. The van der Waals surface area contributed by atoms with E-state index in [0.29, 0.717) is 37.3 Å². The molecule has 1 fully saturated rings. The molecule has 2 atom stereocenters. The molecule has 0 aliphatic carbocycles. The van der Waals surface area contributed by atoms with Gasteiger partial charge < -0.3 is 19.7 Å². The zero-order chi connectivity index (χ0) is 20.7. The Morgan fingerprint density at radius 1 is 1.33 bits per heavy atom. The van der Waals surface area contributed by atoms with Crippen LogP contribution in [0, 0.1) is 0 Å². The molecule has 0 unspecified atom stereocenters. The SMILES string of the molecule is Cn1ncc2cc(Cn3cc(C(=O)N[C@H]4COCC[C@@H]4O)c4ncccc43)ccc21. The van der Waals surface area contributed by atoms with Gasteiger partial charge in [-0.25, -0.2) is 0 Å². The molecule has 0 bridgehead atoms. The summed E-state index contributed by atoms with van der Waals surface area (Å²) in [6.45, 7) is 1.43. The van der Waals surface area contributed by atoms with Crippen molar-refractivity contribution in [2.75, 3.05) is 13.2 Å². The van der Waals surface area contributed by atoms with Gasteiger partial charge in [0.2, 0.25) is 0 Å². The minimum absolute atomic E-state index is 0.255. The molecule has 1 saturated heterocycles. The quantitative estimate of drug-likeness (QED) is 0.540. The van der Waals surface area contributed by atoms with Crippen LogP contribution in [-0.2, 0) is 18.3 Å². The molecule has 1 aromatic carbocycles. The molecule has 5 rings (SSSR count). The number of amides is 1. The Hall–Kier alpha value is -3.23. The van der Waals surface area contributed by atoms with E-state index in [1.807, 2.05) is 40.8 Å². The summed E-state index contributed by atoms with van der Waals surface area (Å²) < 4.78 is 9.27. The van der Waals surface area contributed by atoms with E-state index in [2.05, 4.69) is 33.6 Å². The van der Waals surface area contributed by atoms with Crippen LogP contribution in [0.15, 0.2) is 48.9 Å². The lowest BCUT2D eigenvalue weighted by Gasteiger charge is -2.28. The second kappa shape index (κ2) is 7.55. The Bertz CT molecular complexity index is 1230. The van der Waals surface area contributed by atoms with Crippen molar-refractivity contribution >= 4 is 27.8 Å². The summed E-state index contributed by atoms with van der Waals surface area (Å²) in [5.74, 6) is -0.255. The number of aliphatic hydroxyl groups excluding tert-OH is 1. The second-order valence-corrected chi connectivity index (χ2v) is 7.71. The zero-order valence-electron chi connectivity index (χ0n) is 16.7. The predicted octanol–water partition coefficient (Wildman–Crippen LogP) is 1.85. The van der Waals surface area contributed by atoms with Gasteiger partial charge in [0.05, 0.1) is 41.5 Å². The molecule has 3 aromatic heterocycles. The maximum absolute atomic E-state index is 13.0. The molecule has 1 aliphatic rings. The average Bonchev–Trinajstić information content (AvgIpc) is 3.31. The lowest BCUT2D eigenvalue weighted by Crippen LogP contribution is -2.49. The lowest BCUT2D eigenvalue weighted by atomic mass is 10.1. The van der Waals surface area contributed by atoms with Crippen molar-refractivity contribution in [3.63, 3.8) is 0 Å². The summed E-state index contributed by atoms with van der Waals surface area (Å²) in [6, 6.07) is 9.65. The van der Waals surface area contributed by atoms with Gasteiger partial charge in [0, 0.05) is 38.0 Å². The highest BCUT2D eigenvalue weighted by Gasteiger charge is 2.27. The number of fused-ring (bicyclic) bond motifs is 2. The number of rotatable bonds is 4. The number of aliphatic hydroxyl groups is 1. The van der Waals surface area contributed by atoms with Gasteiger partial charge in [-0.05, 0) is 36.2 Å². The van der Waals surface area contributed by atoms with E-state index in [9.17, 15) is 9.90 Å². The van der Waals surface area contributed by atoms with Gasteiger partial charge in [-0.15, -0.1) is 0 Å². The molecule has 4 heterocycles. The summed E-state index contributed by atoms with van der Waals surface area (Å²) in [4.78, 5) is 17.4. The van der Waals surface area contributed by atoms with Crippen LogP contribution in [0.5, 0.6) is 0 Å². The summed E-state index contributed by atoms with van der Waals surface area (Å²) in [5, 5.41) is 18.4. The monoisotopic (exact) mass is 405 g/mol. The first-order chi connectivity index (χ1) is 14.6. The fourth-order valence-electron chi connectivity index (χ4n) is 4.04. The number of ether oxygens (including phenoxy) is 1. The Balaban J connectivity index is 1.46. The van der Waals surface area contributed by atoms with Crippen molar-refractivity contribution < 1.29 is 14.6 Å². The Morgan fingerprint density at radius 2 is 2.23 bits per heavy atom. The number of nitrogens with one attached hydrogen (secondary N) is 1. The van der Waals surface area contributed by atoms with Gasteiger partial charge >= 0.3 is 0 Å². The molecule has 4 aromatic rings. The van der Waals surface area contributed by atoms with Crippen LogP contribution >= 0.6 is 0 Å². The van der Waals surface area contributed by atoms with E-state index >= 15 is 0 Å². The Labute approximate surface area is 173 Å². The van der Waals surface area contributed by atoms with Crippen molar-refractivity contribution in [1.29, 1.82) is 0 Å². The van der Waals surface area contributed by atoms with E-state index < -0.39 is 12.1 Å². The predicted molar refractivity (Wildman–Crippen MR) is 112 cm³/mol. The topological polar surface area (TPSA) is 94.2 Å². The molecule has 1 amide bonds. The molecule has 0 radical (unpaired) electrons. The first-order valence-corrected chi connectivity index (χ1v) is 10.0. The third kappa shape index (κ3) is 3.34. The number of carbonyl (C=O) groups excluding carboxylic acids is 1. The molecule has 8 nitrogen and oxygen atoms in total. The molecule has 0 saturated carbocycles. The van der Waals surface area contributed by atoms with E-state index in [1.54, 1.807) is 6.20 Å². The third-order valence-electron chi connectivity index (χ3n) is 5.68. The zero-order valence-corrected chi connectivity index (χ0v) is 16.7. The van der Waals surface area contributed by atoms with E-state index in [4.69, 9.17) is 4.74 Å². The van der Waals surface area contributed by atoms with E-state index in [-0.39, 0.29) is 5.91 Å². The molecule has 2 N–H and O–H groups in total. The number of pyridine rings is 1. The maximum Gasteiger partial charge on any atom is 0.255 e. The highest BCUT2D eigenvalue weighted by Crippen LogP contribution is 2.22. The fraction of sp³-hybridized carbons (Fsp3) is 0.318. The Morgan fingerprint density at radius 3 is 3.10 bits per heavy atom. The number of benzene rings is 1. The van der Waals surface area contributed by atoms with Gasteiger partial charge in [-0.1, -0.05) is 6.07 Å². The second-order valence-electron chi connectivity index (χ2n) is 7.71. The highest BCUT2D eigenvalue weighted by atomic mass is 16.5. The normalized spacial score (nSPS) is 19.4. The standard InChI is InChI=1S/C22H23N5O3/c1-26-18-5-4-14(9-15(18)10-24-26)11-27-12-16(21-19(27)3-2-7-23-21)22(29)25-17-13-30-8-6-20(17)28/h2-5,7,9-10,12,17,20,28H,6,8,11,13H2,1H3,(H,25,29)/t17-,20-/m0/s1. The molecular weight excluding hydrogens is 382 g/mol. The van der Waals surface area contributed by atoms with Crippen molar-refractivity contribution in [2.45, 2.75) is 25.1 Å². The molecule has 1 aliphatic heterocycles. The molecule has 0 spiro atoms. The van der Waals surface area contributed by atoms with Gasteiger partial charge in [0.1, 0.15) is 5.52 Å². The van der Waals surface area contributed by atoms with Crippen LogP contribution in [0.3, 0.4) is 0 Å². The number of hydrogen-bond donors (Lipinski definition) is 2. The van der Waals surface area contributed by atoms with Crippen LogP contribution in [0.2, 0.25) is 0 Å². The van der Waals surface area contributed by atoms with Crippen molar-refractivity contribution in [3.8, 4) is 0 Å². The largest absolute Gasteiger partial charge is 0.391 e. The molecule has 154 valence electrons. The number of aryl methyl sites for hydroxylation is 1. The fourth-order valence-corrected chi connectivity index (χ4v) is 4.04. The minimum atomic E-state index is -0.602. The van der Waals surface area contributed by atoms with E-state index in [0.717, 1.165) is 22.0 Å². The number of carbonyl (C=O) groups is 1. The third-order valence-corrected chi connectivity index (χ3v) is 5.68. The van der Waals surface area contributed by atoms with Crippen LogP contribution in [0.25, 0.3) is 21.9 Å². The van der Waals surface area contributed by atoms with E-state index in [1.165, 1.54) is 0 Å². The van der Waals surface area contributed by atoms with Crippen LogP contribution in [0.4, 0.5) is 0 Å².